The third kappa shape index (κ3) is 3.49. The van der Waals surface area contributed by atoms with Gasteiger partial charge < -0.3 is 19.0 Å². The molecule has 1 spiro atoms. The number of nitrogens with zero attached hydrogens (tertiary/aromatic N) is 2. The molecule has 3 aliphatic rings. The van der Waals surface area contributed by atoms with Gasteiger partial charge >= 0.3 is 0 Å². The van der Waals surface area contributed by atoms with E-state index in [0.29, 0.717) is 16.9 Å². The van der Waals surface area contributed by atoms with E-state index in [0.717, 1.165) is 63.9 Å². The molecular weight excluding hydrogens is 316 g/mol. The average Bonchev–Trinajstić information content (AvgIpc) is 3.24. The molecule has 25 heavy (non-hydrogen) atoms. The lowest BCUT2D eigenvalue weighted by Crippen LogP contribution is -2.47. The normalized spacial score (nSPS) is 26.5. The van der Waals surface area contributed by atoms with Gasteiger partial charge in [0.2, 0.25) is 0 Å². The van der Waals surface area contributed by atoms with Crippen molar-refractivity contribution in [2.75, 3.05) is 46.4 Å². The van der Waals surface area contributed by atoms with Crippen molar-refractivity contribution >= 4 is 5.91 Å². The summed E-state index contributed by atoms with van der Waals surface area (Å²) in [6, 6.07) is 1.79. The Morgan fingerprint density at radius 2 is 2.08 bits per heavy atom. The van der Waals surface area contributed by atoms with Gasteiger partial charge in [-0.05, 0) is 57.1 Å². The number of furan rings is 1. The van der Waals surface area contributed by atoms with Crippen LogP contribution in [0.5, 0.6) is 0 Å². The molecule has 1 aromatic rings. The van der Waals surface area contributed by atoms with Crippen LogP contribution in [0, 0.1) is 24.2 Å². The van der Waals surface area contributed by atoms with Gasteiger partial charge in [0.15, 0.2) is 0 Å². The molecule has 5 heteroatoms. The Kier molecular flexibility index (Phi) is 4.63. The molecule has 2 saturated heterocycles. The molecule has 0 unspecified atom stereocenters. The van der Waals surface area contributed by atoms with Gasteiger partial charge in [-0.2, -0.15) is 0 Å². The summed E-state index contributed by atoms with van der Waals surface area (Å²) in [6.45, 7) is 7.64. The number of hydrogen-bond donors (Lipinski definition) is 0. The van der Waals surface area contributed by atoms with Gasteiger partial charge in [0.05, 0.1) is 18.4 Å². The SMILES string of the molecule is Cc1occc1C(=O)N1CCC2(CC1)CN(C)C[C@@H]2COCC1CC1. The number of amides is 1. The minimum atomic E-state index is 0.119. The molecule has 1 aliphatic carbocycles. The van der Waals surface area contributed by atoms with E-state index in [2.05, 4.69) is 11.9 Å². The van der Waals surface area contributed by atoms with Crippen molar-refractivity contribution in [1.82, 2.24) is 9.80 Å². The number of carbonyl (C=O) groups is 1. The van der Waals surface area contributed by atoms with Crippen LogP contribution in [0.2, 0.25) is 0 Å². The maximum absolute atomic E-state index is 12.7. The van der Waals surface area contributed by atoms with Crippen molar-refractivity contribution in [2.45, 2.75) is 32.6 Å². The monoisotopic (exact) mass is 346 g/mol. The molecule has 4 rings (SSSR count). The molecular formula is C20H30N2O3. The topological polar surface area (TPSA) is 45.9 Å². The van der Waals surface area contributed by atoms with E-state index in [-0.39, 0.29) is 5.91 Å². The Bertz CT molecular complexity index is 614. The summed E-state index contributed by atoms with van der Waals surface area (Å²) < 4.78 is 11.3. The van der Waals surface area contributed by atoms with Crippen molar-refractivity contribution in [3.8, 4) is 0 Å². The standard InChI is InChI=1S/C20H30N2O3/c1-15-18(5-10-25-15)19(23)22-8-6-20(7-9-22)14-21(2)11-17(20)13-24-12-16-3-4-16/h5,10,16-17H,3-4,6-9,11-14H2,1-2H3/t17-/m1/s1. The summed E-state index contributed by atoms with van der Waals surface area (Å²) in [4.78, 5) is 17.2. The summed E-state index contributed by atoms with van der Waals surface area (Å²) in [5, 5.41) is 0. The smallest absolute Gasteiger partial charge is 0.257 e. The second-order valence-corrected chi connectivity index (χ2v) is 8.42. The first-order valence-electron chi connectivity index (χ1n) is 9.67. The van der Waals surface area contributed by atoms with Crippen LogP contribution in [-0.4, -0.2) is 62.1 Å². The first-order chi connectivity index (χ1) is 12.1. The van der Waals surface area contributed by atoms with Crippen molar-refractivity contribution in [3.63, 3.8) is 0 Å². The van der Waals surface area contributed by atoms with Gasteiger partial charge in [0.25, 0.3) is 5.91 Å². The van der Waals surface area contributed by atoms with Crippen molar-refractivity contribution in [1.29, 1.82) is 0 Å². The van der Waals surface area contributed by atoms with Gasteiger partial charge in [0, 0.05) is 38.7 Å². The van der Waals surface area contributed by atoms with Crippen LogP contribution in [0.15, 0.2) is 16.7 Å². The average molecular weight is 346 g/mol. The highest BCUT2D eigenvalue weighted by atomic mass is 16.5. The van der Waals surface area contributed by atoms with E-state index in [9.17, 15) is 4.79 Å². The van der Waals surface area contributed by atoms with Gasteiger partial charge in [-0.15, -0.1) is 0 Å². The molecule has 3 heterocycles. The molecule has 0 radical (unpaired) electrons. The number of rotatable bonds is 5. The van der Waals surface area contributed by atoms with Crippen LogP contribution in [-0.2, 0) is 4.74 Å². The molecule has 0 bridgehead atoms. The third-order valence-electron chi connectivity index (χ3n) is 6.49. The Balaban J connectivity index is 1.36. The maximum atomic E-state index is 12.7. The zero-order chi connectivity index (χ0) is 17.4. The fourth-order valence-corrected chi connectivity index (χ4v) is 4.69. The fraction of sp³-hybridized carbons (Fsp3) is 0.750. The van der Waals surface area contributed by atoms with Crippen LogP contribution in [0.25, 0.3) is 0 Å². The van der Waals surface area contributed by atoms with Crippen molar-refractivity contribution < 1.29 is 13.9 Å². The van der Waals surface area contributed by atoms with Crippen LogP contribution in [0.1, 0.15) is 41.8 Å². The minimum absolute atomic E-state index is 0.119. The summed E-state index contributed by atoms with van der Waals surface area (Å²) >= 11 is 0. The summed E-state index contributed by atoms with van der Waals surface area (Å²) in [5.74, 6) is 2.27. The quantitative estimate of drug-likeness (QED) is 0.822. The molecule has 138 valence electrons. The van der Waals surface area contributed by atoms with Crippen molar-refractivity contribution in [3.05, 3.63) is 23.7 Å². The number of carbonyl (C=O) groups excluding carboxylic acids is 1. The minimum Gasteiger partial charge on any atom is -0.469 e. The zero-order valence-electron chi connectivity index (χ0n) is 15.5. The van der Waals surface area contributed by atoms with Crippen LogP contribution in [0.3, 0.4) is 0 Å². The van der Waals surface area contributed by atoms with Crippen molar-refractivity contribution in [2.24, 2.45) is 17.3 Å². The van der Waals surface area contributed by atoms with E-state index in [1.54, 1.807) is 12.3 Å². The molecule has 0 N–H and O–H groups in total. The van der Waals surface area contributed by atoms with Crippen LogP contribution < -0.4 is 0 Å². The third-order valence-corrected chi connectivity index (χ3v) is 6.49. The van der Waals surface area contributed by atoms with Crippen LogP contribution in [0.4, 0.5) is 0 Å². The molecule has 1 amide bonds. The van der Waals surface area contributed by atoms with Gasteiger partial charge in [0.1, 0.15) is 5.76 Å². The Morgan fingerprint density at radius 3 is 2.72 bits per heavy atom. The van der Waals surface area contributed by atoms with Gasteiger partial charge in [-0.1, -0.05) is 0 Å². The van der Waals surface area contributed by atoms with Gasteiger partial charge in [-0.3, -0.25) is 4.79 Å². The maximum Gasteiger partial charge on any atom is 0.257 e. The number of ether oxygens (including phenoxy) is 1. The lowest BCUT2D eigenvalue weighted by Gasteiger charge is -2.42. The summed E-state index contributed by atoms with van der Waals surface area (Å²) in [7, 11) is 2.22. The first-order valence-corrected chi connectivity index (χ1v) is 9.67. The second kappa shape index (κ2) is 6.76. The molecule has 0 aromatic carbocycles. The highest BCUT2D eigenvalue weighted by molar-refractivity contribution is 5.95. The first kappa shape index (κ1) is 17.1. The van der Waals surface area contributed by atoms with E-state index < -0.39 is 0 Å². The largest absolute Gasteiger partial charge is 0.469 e. The second-order valence-electron chi connectivity index (χ2n) is 8.42. The highest BCUT2D eigenvalue weighted by Crippen LogP contribution is 2.44. The molecule has 2 aliphatic heterocycles. The Hall–Kier alpha value is -1.33. The fourth-order valence-electron chi connectivity index (χ4n) is 4.69. The number of aryl methyl sites for hydroxylation is 1. The summed E-state index contributed by atoms with van der Waals surface area (Å²) in [5.41, 5.74) is 1.03. The number of likely N-dealkylation sites (tertiary alicyclic amines) is 2. The number of hydrogen-bond acceptors (Lipinski definition) is 4. The Morgan fingerprint density at radius 1 is 1.32 bits per heavy atom. The predicted molar refractivity (Wildman–Crippen MR) is 95.5 cm³/mol. The molecule has 3 fully saturated rings. The van der Waals surface area contributed by atoms with E-state index in [4.69, 9.17) is 9.15 Å². The van der Waals surface area contributed by atoms with E-state index in [1.165, 1.54) is 12.8 Å². The van der Waals surface area contributed by atoms with Gasteiger partial charge in [-0.25, -0.2) is 0 Å². The predicted octanol–water partition coefficient (Wildman–Crippen LogP) is 2.80. The highest BCUT2D eigenvalue weighted by Gasteiger charge is 2.47. The van der Waals surface area contributed by atoms with Crippen LogP contribution >= 0.6 is 0 Å². The molecule has 1 saturated carbocycles. The zero-order valence-corrected chi connectivity index (χ0v) is 15.5. The lowest BCUT2D eigenvalue weighted by molar-refractivity contribution is 0.0180. The molecule has 5 nitrogen and oxygen atoms in total. The Labute approximate surface area is 150 Å². The van der Waals surface area contributed by atoms with E-state index in [1.807, 2.05) is 11.8 Å². The molecule has 1 aromatic heterocycles. The van der Waals surface area contributed by atoms with E-state index >= 15 is 0 Å². The lowest BCUT2D eigenvalue weighted by atomic mass is 9.71. The number of piperidine rings is 1. The summed E-state index contributed by atoms with van der Waals surface area (Å²) in [6.07, 6.45) is 6.46. The molecule has 1 atom stereocenters.